The maximum Gasteiger partial charge on any atom is 0.337 e. The molecule has 0 amide bonds. The van der Waals surface area contributed by atoms with E-state index in [1.54, 1.807) is 12.1 Å². The number of anilines is 1. The van der Waals surface area contributed by atoms with Gasteiger partial charge in [0.25, 0.3) is 0 Å². The van der Waals surface area contributed by atoms with Crippen LogP contribution in [-0.2, 0) is 10.5 Å². The number of nitrogens with one attached hydrogen (secondary N) is 1. The Labute approximate surface area is 201 Å². The number of esters is 1. The molecule has 1 aliphatic rings. The van der Waals surface area contributed by atoms with Crippen molar-refractivity contribution in [2.75, 3.05) is 12.4 Å². The average molecular weight is 471 g/mol. The van der Waals surface area contributed by atoms with Gasteiger partial charge in [-0.05, 0) is 30.7 Å². The standard InChI is InChI=1S/C26H22N4O3S/c1-16-7-9-17(10-8-16)15-34-26-28-24-22(29-30-26)20-5-3-4-6-21(20)27-23(33-24)18-11-13-19(14-12-18)25(31)32-2/h3-14,23,27H,15H2,1-2H3/t23-/m0/s1. The lowest BCUT2D eigenvalue weighted by atomic mass is 10.1. The van der Waals surface area contributed by atoms with Crippen LogP contribution in [-0.4, -0.2) is 28.3 Å². The fourth-order valence-corrected chi connectivity index (χ4v) is 4.34. The number of benzene rings is 3. The lowest BCUT2D eigenvalue weighted by molar-refractivity contribution is 0.0600. The van der Waals surface area contributed by atoms with E-state index in [0.717, 1.165) is 22.6 Å². The second-order valence-corrected chi connectivity index (χ2v) is 8.77. The lowest BCUT2D eigenvalue weighted by Crippen LogP contribution is -2.17. The number of nitrogens with zero attached hydrogens (tertiary/aromatic N) is 3. The van der Waals surface area contributed by atoms with Crippen LogP contribution in [0.25, 0.3) is 11.3 Å². The number of ether oxygens (including phenoxy) is 2. The largest absolute Gasteiger partial charge is 0.465 e. The van der Waals surface area contributed by atoms with Crippen LogP contribution in [0.4, 0.5) is 5.69 Å². The van der Waals surface area contributed by atoms with Crippen molar-refractivity contribution in [1.29, 1.82) is 0 Å². The van der Waals surface area contributed by atoms with Crippen molar-refractivity contribution >= 4 is 23.4 Å². The number of rotatable bonds is 5. The first kappa shape index (κ1) is 21.9. The summed E-state index contributed by atoms with van der Waals surface area (Å²) in [5, 5.41) is 12.8. The molecule has 7 nitrogen and oxygen atoms in total. The van der Waals surface area contributed by atoms with Crippen LogP contribution in [0.3, 0.4) is 0 Å². The molecule has 1 N–H and O–H groups in total. The predicted molar refractivity (Wildman–Crippen MR) is 131 cm³/mol. The Bertz CT molecular complexity index is 1330. The van der Waals surface area contributed by atoms with Gasteiger partial charge in [0.15, 0.2) is 11.9 Å². The van der Waals surface area contributed by atoms with Crippen LogP contribution in [0, 0.1) is 6.92 Å². The predicted octanol–water partition coefficient (Wildman–Crippen LogP) is 5.43. The van der Waals surface area contributed by atoms with Crippen LogP contribution < -0.4 is 10.1 Å². The minimum atomic E-state index is -0.527. The molecule has 2 heterocycles. The summed E-state index contributed by atoms with van der Waals surface area (Å²) in [4.78, 5) is 16.5. The van der Waals surface area contributed by atoms with Gasteiger partial charge in [-0.3, -0.25) is 0 Å². The van der Waals surface area contributed by atoms with Crippen molar-refractivity contribution in [1.82, 2.24) is 15.2 Å². The van der Waals surface area contributed by atoms with E-state index in [1.807, 2.05) is 36.4 Å². The first-order valence-electron chi connectivity index (χ1n) is 10.7. The molecular formula is C26H22N4O3S. The minimum Gasteiger partial charge on any atom is -0.465 e. The second kappa shape index (κ2) is 9.52. The topological polar surface area (TPSA) is 86.2 Å². The number of fused-ring (bicyclic) bond motifs is 3. The average Bonchev–Trinajstić information content (AvgIpc) is 3.04. The molecule has 34 heavy (non-hydrogen) atoms. The molecule has 0 spiro atoms. The molecule has 1 aliphatic heterocycles. The van der Waals surface area contributed by atoms with Crippen LogP contribution >= 0.6 is 11.8 Å². The monoisotopic (exact) mass is 470 g/mol. The molecule has 3 aromatic carbocycles. The zero-order chi connectivity index (χ0) is 23.5. The summed E-state index contributed by atoms with van der Waals surface area (Å²) in [7, 11) is 1.36. The van der Waals surface area contributed by atoms with E-state index < -0.39 is 6.23 Å². The Morgan fingerprint density at radius 2 is 1.79 bits per heavy atom. The quantitative estimate of drug-likeness (QED) is 0.305. The molecule has 0 bridgehead atoms. The van der Waals surface area contributed by atoms with Gasteiger partial charge < -0.3 is 14.8 Å². The fourth-order valence-electron chi connectivity index (χ4n) is 3.60. The zero-order valence-corrected chi connectivity index (χ0v) is 19.5. The van der Waals surface area contributed by atoms with E-state index in [-0.39, 0.29) is 5.97 Å². The van der Waals surface area contributed by atoms with E-state index in [1.165, 1.54) is 30.0 Å². The first-order chi connectivity index (χ1) is 16.6. The van der Waals surface area contributed by atoms with E-state index in [0.29, 0.717) is 22.3 Å². The van der Waals surface area contributed by atoms with Gasteiger partial charge in [0, 0.05) is 22.6 Å². The van der Waals surface area contributed by atoms with Gasteiger partial charge in [-0.25, -0.2) is 4.79 Å². The molecule has 0 saturated heterocycles. The molecule has 1 atom stereocenters. The molecule has 8 heteroatoms. The van der Waals surface area contributed by atoms with Gasteiger partial charge >= 0.3 is 5.97 Å². The van der Waals surface area contributed by atoms with Crippen molar-refractivity contribution in [2.24, 2.45) is 0 Å². The van der Waals surface area contributed by atoms with Crippen molar-refractivity contribution in [2.45, 2.75) is 24.1 Å². The number of thioether (sulfide) groups is 1. The number of hydrogen-bond donors (Lipinski definition) is 1. The number of hydrogen-bond acceptors (Lipinski definition) is 8. The Hall–Kier alpha value is -3.91. The van der Waals surface area contributed by atoms with E-state index in [9.17, 15) is 4.79 Å². The van der Waals surface area contributed by atoms with Gasteiger partial charge in [0.05, 0.1) is 12.7 Å². The normalized spacial score (nSPS) is 14.1. The third-order valence-electron chi connectivity index (χ3n) is 5.46. The molecule has 0 fully saturated rings. The van der Waals surface area contributed by atoms with Gasteiger partial charge in [0.2, 0.25) is 11.0 Å². The molecule has 4 aromatic rings. The Balaban J connectivity index is 1.45. The molecule has 1 aromatic heterocycles. The minimum absolute atomic E-state index is 0.385. The van der Waals surface area contributed by atoms with Crippen molar-refractivity contribution in [3.05, 3.63) is 95.1 Å². The SMILES string of the molecule is COC(=O)c1ccc([C@H]2Nc3ccccc3-c3nnc(SCc4ccc(C)cc4)nc3O2)cc1. The van der Waals surface area contributed by atoms with Gasteiger partial charge in [-0.2, -0.15) is 4.98 Å². The highest BCUT2D eigenvalue weighted by Gasteiger charge is 2.26. The highest BCUT2D eigenvalue weighted by Crippen LogP contribution is 2.39. The highest BCUT2D eigenvalue weighted by atomic mass is 32.2. The van der Waals surface area contributed by atoms with Crippen molar-refractivity contribution in [3.63, 3.8) is 0 Å². The van der Waals surface area contributed by atoms with E-state index in [2.05, 4.69) is 46.7 Å². The molecule has 5 rings (SSSR count). The molecule has 0 unspecified atom stereocenters. The van der Waals surface area contributed by atoms with Crippen LogP contribution in [0.15, 0.2) is 78.0 Å². The van der Waals surface area contributed by atoms with E-state index in [4.69, 9.17) is 14.5 Å². The van der Waals surface area contributed by atoms with Gasteiger partial charge in [-0.15, -0.1) is 10.2 Å². The summed E-state index contributed by atoms with van der Waals surface area (Å²) in [5.74, 6) is 0.749. The van der Waals surface area contributed by atoms with E-state index >= 15 is 0 Å². The lowest BCUT2D eigenvalue weighted by Gasteiger charge is -2.19. The smallest absolute Gasteiger partial charge is 0.337 e. The summed E-state index contributed by atoms with van der Waals surface area (Å²) in [6.07, 6.45) is -0.527. The summed E-state index contributed by atoms with van der Waals surface area (Å²) in [6, 6.07) is 23.3. The summed E-state index contributed by atoms with van der Waals surface area (Å²) in [6.45, 7) is 2.07. The Kier molecular flexibility index (Phi) is 6.14. The Morgan fingerprint density at radius 1 is 1.03 bits per heavy atom. The summed E-state index contributed by atoms with van der Waals surface area (Å²) < 4.78 is 11.1. The van der Waals surface area contributed by atoms with Crippen LogP contribution in [0.5, 0.6) is 5.88 Å². The number of carbonyl (C=O) groups excluding carboxylic acids is 1. The fraction of sp³-hybridized carbons (Fsp3) is 0.154. The molecule has 0 saturated carbocycles. The number of aryl methyl sites for hydroxylation is 1. The van der Waals surface area contributed by atoms with Crippen LogP contribution in [0.1, 0.15) is 33.3 Å². The second-order valence-electron chi connectivity index (χ2n) is 7.82. The third-order valence-corrected chi connectivity index (χ3v) is 6.37. The van der Waals surface area contributed by atoms with Crippen LogP contribution in [0.2, 0.25) is 0 Å². The number of carbonyl (C=O) groups is 1. The van der Waals surface area contributed by atoms with Gasteiger partial charge in [-0.1, -0.05) is 71.9 Å². The molecule has 170 valence electrons. The highest BCUT2D eigenvalue weighted by molar-refractivity contribution is 7.98. The molecule has 0 aliphatic carbocycles. The maximum atomic E-state index is 11.8. The number of aromatic nitrogens is 3. The maximum absolute atomic E-state index is 11.8. The van der Waals surface area contributed by atoms with Crippen molar-refractivity contribution in [3.8, 4) is 17.1 Å². The third kappa shape index (κ3) is 4.58. The zero-order valence-electron chi connectivity index (χ0n) is 18.7. The number of para-hydroxylation sites is 1. The van der Waals surface area contributed by atoms with Gasteiger partial charge in [0.1, 0.15) is 0 Å². The number of methoxy groups -OCH3 is 1. The Morgan fingerprint density at radius 3 is 2.56 bits per heavy atom. The molecule has 0 radical (unpaired) electrons. The molecular weight excluding hydrogens is 448 g/mol. The first-order valence-corrected chi connectivity index (χ1v) is 11.7. The summed E-state index contributed by atoms with van der Waals surface area (Å²) >= 11 is 1.51. The van der Waals surface area contributed by atoms with Crippen molar-refractivity contribution < 1.29 is 14.3 Å². The summed E-state index contributed by atoms with van der Waals surface area (Å²) in [5.41, 5.74) is 6.02.